The summed E-state index contributed by atoms with van der Waals surface area (Å²) in [6.07, 6.45) is 2.15. The number of esters is 1. The average Bonchev–Trinajstić information content (AvgIpc) is 2.97. The Morgan fingerprint density at radius 3 is 3.06 bits per heavy atom. The van der Waals surface area contributed by atoms with E-state index >= 15 is 0 Å². The van der Waals surface area contributed by atoms with Crippen molar-refractivity contribution in [2.75, 3.05) is 33.0 Å². The second kappa shape index (κ2) is 6.33. The summed E-state index contributed by atoms with van der Waals surface area (Å²) in [4.78, 5) is 11.9. The van der Waals surface area contributed by atoms with Crippen LogP contribution in [0.2, 0.25) is 0 Å². The number of likely N-dealkylation sites (N-methyl/N-ethyl adjacent to an activating group) is 1. The summed E-state index contributed by atoms with van der Waals surface area (Å²) in [5.74, 6) is -0.333. The highest BCUT2D eigenvalue weighted by Gasteiger charge is 2.35. The Morgan fingerprint density at radius 2 is 2.35 bits per heavy atom. The van der Waals surface area contributed by atoms with Crippen LogP contribution in [0.3, 0.4) is 0 Å². The predicted octanol–water partition coefficient (Wildman–Crippen LogP) is 0.333. The molecular formula is C12H21NO4. The van der Waals surface area contributed by atoms with Gasteiger partial charge in [-0.2, -0.15) is 0 Å². The smallest absolute Gasteiger partial charge is 0.313 e. The van der Waals surface area contributed by atoms with Gasteiger partial charge in [-0.15, -0.1) is 0 Å². The van der Waals surface area contributed by atoms with Gasteiger partial charge in [0, 0.05) is 12.6 Å². The van der Waals surface area contributed by atoms with E-state index in [9.17, 15) is 4.79 Å². The summed E-state index contributed by atoms with van der Waals surface area (Å²) in [5, 5.41) is 3.25. The first kappa shape index (κ1) is 12.8. The van der Waals surface area contributed by atoms with Gasteiger partial charge in [-0.3, -0.25) is 4.79 Å². The number of rotatable bonds is 5. The van der Waals surface area contributed by atoms with E-state index in [0.29, 0.717) is 19.8 Å². The third kappa shape index (κ3) is 3.40. The van der Waals surface area contributed by atoms with E-state index in [1.165, 1.54) is 0 Å². The van der Waals surface area contributed by atoms with Gasteiger partial charge in [0.1, 0.15) is 6.61 Å². The van der Waals surface area contributed by atoms with Crippen LogP contribution in [0.4, 0.5) is 0 Å². The fourth-order valence-corrected chi connectivity index (χ4v) is 2.31. The Labute approximate surface area is 102 Å². The van der Waals surface area contributed by atoms with Crippen molar-refractivity contribution in [3.63, 3.8) is 0 Å². The normalized spacial score (nSPS) is 32.9. The van der Waals surface area contributed by atoms with Crippen molar-refractivity contribution in [2.24, 2.45) is 5.92 Å². The number of ether oxygens (including phenoxy) is 3. The maximum absolute atomic E-state index is 11.9. The maximum Gasteiger partial charge on any atom is 0.313 e. The molecule has 0 saturated carbocycles. The molecule has 0 aromatic carbocycles. The maximum atomic E-state index is 11.9. The molecule has 0 aromatic heterocycles. The fourth-order valence-electron chi connectivity index (χ4n) is 2.31. The summed E-state index contributed by atoms with van der Waals surface area (Å²) in [6, 6.07) is 0.0944. The Balaban J connectivity index is 1.74. The summed E-state index contributed by atoms with van der Waals surface area (Å²) in [7, 11) is 0. The molecule has 0 aliphatic carbocycles. The lowest BCUT2D eigenvalue weighted by molar-refractivity contribution is -0.152. The lowest BCUT2D eigenvalue weighted by Gasteiger charge is -2.18. The Hall–Kier alpha value is -0.650. The van der Waals surface area contributed by atoms with Gasteiger partial charge in [-0.05, 0) is 19.4 Å². The molecule has 0 bridgehead atoms. The van der Waals surface area contributed by atoms with Crippen LogP contribution in [0.15, 0.2) is 0 Å². The lowest BCUT2D eigenvalue weighted by atomic mass is 10.0. The number of carbonyl (C=O) groups excluding carboxylic acids is 1. The third-order valence-electron chi connectivity index (χ3n) is 3.29. The minimum Gasteiger partial charge on any atom is -0.463 e. The zero-order valence-corrected chi connectivity index (χ0v) is 10.3. The molecule has 0 amide bonds. The molecule has 5 heteroatoms. The monoisotopic (exact) mass is 243 g/mol. The van der Waals surface area contributed by atoms with E-state index < -0.39 is 0 Å². The topological polar surface area (TPSA) is 56.8 Å². The van der Waals surface area contributed by atoms with Crippen molar-refractivity contribution in [2.45, 2.75) is 31.9 Å². The van der Waals surface area contributed by atoms with Crippen LogP contribution in [0.25, 0.3) is 0 Å². The highest BCUT2D eigenvalue weighted by Crippen LogP contribution is 2.17. The van der Waals surface area contributed by atoms with Gasteiger partial charge in [0.2, 0.25) is 0 Å². The molecule has 0 aromatic rings. The molecule has 98 valence electrons. The highest BCUT2D eigenvalue weighted by atomic mass is 16.6. The predicted molar refractivity (Wildman–Crippen MR) is 61.7 cm³/mol. The SMILES string of the molecule is CCNC1COCC1C(=O)OCC1CCCO1. The number of hydrogen-bond donors (Lipinski definition) is 1. The van der Waals surface area contributed by atoms with E-state index in [0.717, 1.165) is 26.0 Å². The molecule has 2 fully saturated rings. The molecule has 17 heavy (non-hydrogen) atoms. The molecular weight excluding hydrogens is 222 g/mol. The molecule has 3 unspecified atom stereocenters. The summed E-state index contributed by atoms with van der Waals surface area (Å²) in [5.41, 5.74) is 0. The average molecular weight is 243 g/mol. The summed E-state index contributed by atoms with van der Waals surface area (Å²) >= 11 is 0. The highest BCUT2D eigenvalue weighted by molar-refractivity contribution is 5.73. The fraction of sp³-hybridized carbons (Fsp3) is 0.917. The summed E-state index contributed by atoms with van der Waals surface area (Å²) < 4.78 is 16.0. The van der Waals surface area contributed by atoms with Gasteiger partial charge < -0.3 is 19.5 Å². The van der Waals surface area contributed by atoms with Crippen molar-refractivity contribution < 1.29 is 19.0 Å². The first-order chi connectivity index (χ1) is 8.31. The van der Waals surface area contributed by atoms with Crippen LogP contribution < -0.4 is 5.32 Å². The molecule has 5 nitrogen and oxygen atoms in total. The van der Waals surface area contributed by atoms with Gasteiger partial charge in [-0.1, -0.05) is 6.92 Å². The molecule has 2 aliphatic rings. The molecule has 1 N–H and O–H groups in total. The lowest BCUT2D eigenvalue weighted by Crippen LogP contribution is -2.40. The van der Waals surface area contributed by atoms with Gasteiger partial charge in [0.25, 0.3) is 0 Å². The van der Waals surface area contributed by atoms with Crippen LogP contribution in [-0.2, 0) is 19.0 Å². The zero-order chi connectivity index (χ0) is 12.1. The van der Waals surface area contributed by atoms with Crippen molar-refractivity contribution >= 4 is 5.97 Å². The molecule has 2 rings (SSSR count). The van der Waals surface area contributed by atoms with Crippen molar-refractivity contribution in [1.82, 2.24) is 5.32 Å². The van der Waals surface area contributed by atoms with Gasteiger partial charge in [0.15, 0.2) is 0 Å². The van der Waals surface area contributed by atoms with Crippen molar-refractivity contribution in [3.8, 4) is 0 Å². The van der Waals surface area contributed by atoms with E-state index in [2.05, 4.69) is 5.32 Å². The van der Waals surface area contributed by atoms with Crippen LogP contribution in [0.1, 0.15) is 19.8 Å². The number of carbonyl (C=O) groups is 1. The van der Waals surface area contributed by atoms with Crippen LogP contribution in [0.5, 0.6) is 0 Å². The minimum atomic E-state index is -0.170. The van der Waals surface area contributed by atoms with E-state index in [1.807, 2.05) is 6.92 Å². The van der Waals surface area contributed by atoms with Crippen molar-refractivity contribution in [3.05, 3.63) is 0 Å². The van der Waals surface area contributed by atoms with Gasteiger partial charge in [0.05, 0.1) is 25.2 Å². The summed E-state index contributed by atoms with van der Waals surface area (Å²) in [6.45, 7) is 5.08. The van der Waals surface area contributed by atoms with Crippen LogP contribution in [-0.4, -0.2) is 51.1 Å². The number of nitrogens with one attached hydrogen (secondary N) is 1. The van der Waals surface area contributed by atoms with Gasteiger partial charge in [-0.25, -0.2) is 0 Å². The Bertz CT molecular complexity index is 253. The van der Waals surface area contributed by atoms with E-state index in [-0.39, 0.29) is 24.0 Å². The second-order valence-corrected chi connectivity index (χ2v) is 4.57. The molecule has 0 spiro atoms. The quantitative estimate of drug-likeness (QED) is 0.705. The van der Waals surface area contributed by atoms with Crippen molar-refractivity contribution in [1.29, 1.82) is 0 Å². The zero-order valence-electron chi connectivity index (χ0n) is 10.3. The minimum absolute atomic E-state index is 0.0944. The molecule has 2 aliphatic heterocycles. The molecule has 3 atom stereocenters. The molecule has 2 saturated heterocycles. The first-order valence-corrected chi connectivity index (χ1v) is 6.40. The van der Waals surface area contributed by atoms with Crippen LogP contribution >= 0.6 is 0 Å². The van der Waals surface area contributed by atoms with Crippen LogP contribution in [0, 0.1) is 5.92 Å². The molecule has 0 radical (unpaired) electrons. The number of hydrogen-bond acceptors (Lipinski definition) is 5. The van der Waals surface area contributed by atoms with Gasteiger partial charge >= 0.3 is 5.97 Å². The molecule has 2 heterocycles. The Morgan fingerprint density at radius 1 is 1.47 bits per heavy atom. The standard InChI is InChI=1S/C12H21NO4/c1-2-13-11-8-15-7-10(11)12(14)17-6-9-4-3-5-16-9/h9-11,13H,2-8H2,1H3. The van der Waals surface area contributed by atoms with E-state index in [1.54, 1.807) is 0 Å². The third-order valence-corrected chi connectivity index (χ3v) is 3.29. The van der Waals surface area contributed by atoms with E-state index in [4.69, 9.17) is 14.2 Å². The Kier molecular flexibility index (Phi) is 4.76. The largest absolute Gasteiger partial charge is 0.463 e. The first-order valence-electron chi connectivity index (χ1n) is 6.40. The second-order valence-electron chi connectivity index (χ2n) is 4.57.